The molecule has 4 aromatic rings. The van der Waals surface area contributed by atoms with Crippen LogP contribution in [0.1, 0.15) is 37.4 Å². The first-order valence-corrected chi connectivity index (χ1v) is 11.0. The summed E-state index contributed by atoms with van der Waals surface area (Å²) in [6, 6.07) is 9.48. The van der Waals surface area contributed by atoms with E-state index in [4.69, 9.17) is 17.3 Å². The Labute approximate surface area is 180 Å². The molecule has 3 N–H and O–H groups in total. The highest BCUT2D eigenvalue weighted by atomic mass is 35.5. The summed E-state index contributed by atoms with van der Waals surface area (Å²) in [5.74, 6) is 1.64. The number of nitrogens with zero attached hydrogens (tertiary/aromatic N) is 6. The molecule has 154 valence electrons. The molecule has 30 heavy (non-hydrogen) atoms. The van der Waals surface area contributed by atoms with Gasteiger partial charge in [-0.25, -0.2) is 4.98 Å². The fourth-order valence-electron chi connectivity index (χ4n) is 3.85. The third kappa shape index (κ3) is 3.46. The molecule has 1 aromatic carbocycles. The van der Waals surface area contributed by atoms with Gasteiger partial charge in [0, 0.05) is 23.4 Å². The molecular weight excluding hydrogens is 424 g/mol. The number of hydrogen-bond acceptors (Lipinski definition) is 7. The lowest BCUT2D eigenvalue weighted by atomic mass is 10.2. The van der Waals surface area contributed by atoms with Gasteiger partial charge in [0.2, 0.25) is 5.95 Å². The number of thioether (sulfide) groups is 1. The van der Waals surface area contributed by atoms with Crippen LogP contribution in [0.25, 0.3) is 17.2 Å². The monoisotopic (exact) mass is 442 g/mol. The summed E-state index contributed by atoms with van der Waals surface area (Å²) in [7, 11) is 0. The van der Waals surface area contributed by atoms with E-state index >= 15 is 0 Å². The lowest BCUT2D eigenvalue weighted by Crippen LogP contribution is -2.15. The average molecular weight is 443 g/mol. The molecule has 5 rings (SSSR count). The summed E-state index contributed by atoms with van der Waals surface area (Å²) in [4.78, 5) is 20.7. The Hall–Kier alpha value is -2.85. The molecule has 0 atom stereocenters. The van der Waals surface area contributed by atoms with Crippen molar-refractivity contribution in [3.8, 4) is 11.4 Å². The Bertz CT molecular complexity index is 1270. The number of aromatic amines is 1. The predicted octanol–water partition coefficient (Wildman–Crippen LogP) is 3.32. The van der Waals surface area contributed by atoms with Crippen LogP contribution in [-0.2, 0) is 5.75 Å². The molecule has 1 aliphatic carbocycles. The fraction of sp³-hybridized carbons (Fsp3) is 0.316. The normalized spacial score (nSPS) is 14.7. The SMILES string of the molecule is Nc1nc2nc(CSc3nnc(-c4ccccc4Cl)n3C3CCCC3)cc(=O)n2[nH]1. The lowest BCUT2D eigenvalue weighted by molar-refractivity contribution is 0.485. The van der Waals surface area contributed by atoms with Crippen molar-refractivity contribution in [1.29, 1.82) is 0 Å². The molecule has 0 saturated heterocycles. The summed E-state index contributed by atoms with van der Waals surface area (Å²) in [5, 5.41) is 13.0. The molecule has 0 spiro atoms. The first-order valence-electron chi connectivity index (χ1n) is 9.67. The number of rotatable bonds is 5. The maximum absolute atomic E-state index is 12.3. The standard InChI is InChI=1S/C19H19ClN8OS/c20-14-8-4-3-7-13(14)16-24-25-19(27(16)12-5-1-2-6-12)30-10-11-9-15(29)28-18(22-11)23-17(21)26-28/h3-4,7-9,12H,1-2,5-6,10H2,(H3,21,22,23,26). The van der Waals surface area contributed by atoms with E-state index in [1.165, 1.54) is 35.2 Å². The van der Waals surface area contributed by atoms with Crippen molar-refractivity contribution in [2.75, 3.05) is 5.73 Å². The molecule has 11 heteroatoms. The number of anilines is 1. The van der Waals surface area contributed by atoms with E-state index in [1.54, 1.807) is 0 Å². The summed E-state index contributed by atoms with van der Waals surface area (Å²) in [5.41, 5.74) is 6.85. The fourth-order valence-corrected chi connectivity index (χ4v) is 4.97. The van der Waals surface area contributed by atoms with Crippen LogP contribution < -0.4 is 11.3 Å². The minimum absolute atomic E-state index is 0.148. The van der Waals surface area contributed by atoms with Crippen LogP contribution in [0, 0.1) is 0 Å². The lowest BCUT2D eigenvalue weighted by Gasteiger charge is -2.17. The minimum Gasteiger partial charge on any atom is -0.368 e. The number of nitrogen functional groups attached to an aromatic ring is 1. The summed E-state index contributed by atoms with van der Waals surface area (Å²) in [6.07, 6.45) is 4.54. The van der Waals surface area contributed by atoms with Gasteiger partial charge in [0.15, 0.2) is 11.0 Å². The molecule has 0 amide bonds. The molecule has 1 fully saturated rings. The van der Waals surface area contributed by atoms with E-state index in [0.29, 0.717) is 22.5 Å². The van der Waals surface area contributed by atoms with Crippen molar-refractivity contribution >= 4 is 35.1 Å². The van der Waals surface area contributed by atoms with Crippen molar-refractivity contribution in [1.82, 2.24) is 34.3 Å². The molecule has 0 radical (unpaired) electrons. The third-order valence-corrected chi connectivity index (χ3v) is 6.53. The predicted molar refractivity (Wildman–Crippen MR) is 116 cm³/mol. The van der Waals surface area contributed by atoms with Crippen LogP contribution in [0.15, 0.2) is 40.3 Å². The van der Waals surface area contributed by atoms with Crippen molar-refractivity contribution in [3.63, 3.8) is 0 Å². The Morgan fingerprint density at radius 2 is 2.00 bits per heavy atom. The number of fused-ring (bicyclic) bond motifs is 1. The molecule has 3 heterocycles. The Morgan fingerprint density at radius 3 is 2.80 bits per heavy atom. The van der Waals surface area contributed by atoms with Crippen molar-refractivity contribution < 1.29 is 0 Å². The van der Waals surface area contributed by atoms with Crippen LogP contribution in [0.5, 0.6) is 0 Å². The number of hydrogen-bond donors (Lipinski definition) is 2. The largest absolute Gasteiger partial charge is 0.368 e. The molecule has 1 aliphatic rings. The van der Waals surface area contributed by atoms with Crippen molar-refractivity contribution in [3.05, 3.63) is 51.4 Å². The number of nitrogens with two attached hydrogens (primary N) is 1. The smallest absolute Gasteiger partial charge is 0.274 e. The first-order chi connectivity index (χ1) is 14.6. The highest BCUT2D eigenvalue weighted by Crippen LogP contribution is 2.38. The van der Waals surface area contributed by atoms with Gasteiger partial charge in [-0.05, 0) is 25.0 Å². The Kier molecular flexibility index (Phi) is 4.95. The number of halogens is 1. The second-order valence-corrected chi connectivity index (χ2v) is 8.56. The van der Waals surface area contributed by atoms with Gasteiger partial charge in [-0.1, -0.05) is 48.3 Å². The average Bonchev–Trinajstić information content (AvgIpc) is 3.45. The highest BCUT2D eigenvalue weighted by molar-refractivity contribution is 7.98. The molecular formula is C19H19ClN8OS. The highest BCUT2D eigenvalue weighted by Gasteiger charge is 2.26. The van der Waals surface area contributed by atoms with E-state index in [2.05, 4.69) is 29.8 Å². The summed E-state index contributed by atoms with van der Waals surface area (Å²) >= 11 is 7.94. The maximum Gasteiger partial charge on any atom is 0.274 e. The van der Waals surface area contributed by atoms with Crippen LogP contribution in [-0.4, -0.2) is 34.3 Å². The zero-order valence-corrected chi connectivity index (χ0v) is 17.5. The van der Waals surface area contributed by atoms with Gasteiger partial charge in [0.1, 0.15) is 0 Å². The summed E-state index contributed by atoms with van der Waals surface area (Å²) < 4.78 is 3.41. The van der Waals surface area contributed by atoms with Crippen LogP contribution in [0.2, 0.25) is 5.02 Å². The van der Waals surface area contributed by atoms with Gasteiger partial charge < -0.3 is 5.73 Å². The number of aromatic nitrogens is 7. The molecule has 3 aromatic heterocycles. The van der Waals surface area contributed by atoms with E-state index in [-0.39, 0.29) is 17.3 Å². The van der Waals surface area contributed by atoms with E-state index in [9.17, 15) is 4.79 Å². The van der Waals surface area contributed by atoms with E-state index in [0.717, 1.165) is 29.4 Å². The van der Waals surface area contributed by atoms with Gasteiger partial charge in [0.25, 0.3) is 11.3 Å². The second kappa shape index (κ2) is 7.77. The number of nitrogens with one attached hydrogen (secondary N) is 1. The van der Waals surface area contributed by atoms with Crippen molar-refractivity contribution in [2.24, 2.45) is 0 Å². The molecule has 0 aliphatic heterocycles. The van der Waals surface area contributed by atoms with Gasteiger partial charge in [-0.3, -0.25) is 14.5 Å². The quantitative estimate of drug-likeness (QED) is 0.455. The number of H-pyrrole nitrogens is 1. The topological polar surface area (TPSA) is 120 Å². The van der Waals surface area contributed by atoms with Gasteiger partial charge in [0.05, 0.1) is 10.7 Å². The number of benzene rings is 1. The Morgan fingerprint density at radius 1 is 1.20 bits per heavy atom. The van der Waals surface area contributed by atoms with Crippen LogP contribution >= 0.6 is 23.4 Å². The van der Waals surface area contributed by atoms with Crippen LogP contribution in [0.4, 0.5) is 5.95 Å². The minimum atomic E-state index is -0.256. The molecule has 9 nitrogen and oxygen atoms in total. The van der Waals surface area contributed by atoms with Gasteiger partial charge >= 0.3 is 0 Å². The Balaban J connectivity index is 1.49. The van der Waals surface area contributed by atoms with Crippen molar-refractivity contribution in [2.45, 2.75) is 42.6 Å². The zero-order valence-electron chi connectivity index (χ0n) is 16.0. The third-order valence-electron chi connectivity index (χ3n) is 5.22. The molecule has 0 unspecified atom stereocenters. The second-order valence-electron chi connectivity index (χ2n) is 7.21. The van der Waals surface area contributed by atoms with Gasteiger partial charge in [-0.2, -0.15) is 9.50 Å². The molecule has 1 saturated carbocycles. The van der Waals surface area contributed by atoms with E-state index in [1.807, 2.05) is 24.3 Å². The van der Waals surface area contributed by atoms with E-state index < -0.39 is 0 Å². The summed E-state index contributed by atoms with van der Waals surface area (Å²) in [6.45, 7) is 0. The molecule has 0 bridgehead atoms. The maximum atomic E-state index is 12.3. The zero-order chi connectivity index (χ0) is 20.7. The van der Waals surface area contributed by atoms with Crippen LogP contribution in [0.3, 0.4) is 0 Å². The first kappa shape index (κ1) is 19.1. The van der Waals surface area contributed by atoms with Gasteiger partial charge in [-0.15, -0.1) is 10.2 Å².